The van der Waals surface area contributed by atoms with Crippen LogP contribution >= 0.6 is 0 Å². The maximum Gasteiger partial charge on any atom is 0.490 e. The summed E-state index contributed by atoms with van der Waals surface area (Å²) in [7, 11) is 0. The topological polar surface area (TPSA) is 89.0 Å². The molecule has 174 valence electrons. The fourth-order valence-electron chi connectivity index (χ4n) is 3.56. The molecule has 2 aliphatic rings. The third-order valence-corrected chi connectivity index (χ3v) is 5.00. The van der Waals surface area contributed by atoms with Gasteiger partial charge >= 0.3 is 12.1 Å². The third kappa shape index (κ3) is 7.77. The summed E-state index contributed by atoms with van der Waals surface area (Å²) in [5.74, 6) is -2.11. The first-order valence-corrected chi connectivity index (χ1v) is 10.1. The van der Waals surface area contributed by atoms with E-state index in [4.69, 9.17) is 19.4 Å². The van der Waals surface area contributed by atoms with Crippen LogP contribution in [0.15, 0.2) is 18.5 Å². The number of aromatic nitrogens is 1. The highest BCUT2D eigenvalue weighted by Crippen LogP contribution is 2.36. The minimum absolute atomic E-state index is 0.180. The van der Waals surface area contributed by atoms with Crippen LogP contribution in [-0.4, -0.2) is 64.4 Å². The second-order valence-corrected chi connectivity index (χ2v) is 8.48. The molecule has 1 amide bonds. The van der Waals surface area contributed by atoms with Gasteiger partial charge < -0.3 is 19.5 Å². The van der Waals surface area contributed by atoms with Crippen molar-refractivity contribution in [3.8, 4) is 0 Å². The highest BCUT2D eigenvalue weighted by molar-refractivity contribution is 5.77. The van der Waals surface area contributed by atoms with Crippen molar-refractivity contribution in [1.29, 1.82) is 0 Å². The van der Waals surface area contributed by atoms with E-state index < -0.39 is 12.1 Å². The van der Waals surface area contributed by atoms with Crippen LogP contribution in [0, 0.1) is 12.8 Å². The van der Waals surface area contributed by atoms with Crippen LogP contribution in [-0.2, 0) is 25.7 Å². The highest BCUT2D eigenvalue weighted by atomic mass is 19.4. The molecule has 1 aromatic rings. The van der Waals surface area contributed by atoms with E-state index >= 15 is 0 Å². The molecule has 3 heterocycles. The van der Waals surface area contributed by atoms with Gasteiger partial charge in [-0.05, 0) is 30.4 Å². The molecule has 2 fully saturated rings. The molecule has 0 aliphatic carbocycles. The van der Waals surface area contributed by atoms with Crippen molar-refractivity contribution in [1.82, 2.24) is 9.88 Å². The minimum Gasteiger partial charge on any atom is -0.475 e. The van der Waals surface area contributed by atoms with Crippen LogP contribution in [0.4, 0.5) is 13.2 Å². The number of ether oxygens (including phenoxy) is 2. The molecule has 1 spiro atoms. The number of carboxylic acids is 1. The first kappa shape index (κ1) is 25.1. The van der Waals surface area contributed by atoms with Crippen LogP contribution in [0.1, 0.15) is 44.2 Å². The van der Waals surface area contributed by atoms with Gasteiger partial charge in [-0.3, -0.25) is 9.78 Å². The molecule has 7 nitrogen and oxygen atoms in total. The number of likely N-dealkylation sites (tertiary alicyclic amines) is 1. The van der Waals surface area contributed by atoms with Gasteiger partial charge in [0.2, 0.25) is 5.91 Å². The average Bonchev–Trinajstić information content (AvgIpc) is 2.64. The number of pyridine rings is 1. The van der Waals surface area contributed by atoms with Crippen LogP contribution in [0.3, 0.4) is 0 Å². The maximum absolute atomic E-state index is 12.1. The number of hydrogen-bond donors (Lipinski definition) is 1. The zero-order chi connectivity index (χ0) is 23.2. The Hall–Kier alpha value is -2.20. The van der Waals surface area contributed by atoms with Gasteiger partial charge in [-0.25, -0.2) is 4.79 Å². The molecule has 0 radical (unpaired) electrons. The number of carbonyl (C=O) groups is 2. The molecule has 10 heteroatoms. The Bertz CT molecular complexity index is 764. The van der Waals surface area contributed by atoms with Gasteiger partial charge in [0.05, 0.1) is 25.8 Å². The van der Waals surface area contributed by atoms with E-state index in [1.54, 1.807) is 0 Å². The number of hydrogen-bond acceptors (Lipinski definition) is 5. The number of alkyl halides is 3. The first-order chi connectivity index (χ1) is 14.4. The van der Waals surface area contributed by atoms with Crippen molar-refractivity contribution in [2.24, 2.45) is 5.92 Å². The van der Waals surface area contributed by atoms with Crippen LogP contribution in [0.25, 0.3) is 0 Å². The summed E-state index contributed by atoms with van der Waals surface area (Å²) in [6.07, 6.45) is 1.23. The minimum atomic E-state index is -5.08. The molecule has 1 aromatic heterocycles. The molecule has 2 aliphatic heterocycles. The van der Waals surface area contributed by atoms with Gasteiger partial charge in [0.15, 0.2) is 0 Å². The largest absolute Gasteiger partial charge is 0.490 e. The molecule has 0 aromatic carbocycles. The number of carboxylic acid groups (broad SMARTS) is 1. The Kier molecular flexibility index (Phi) is 8.41. The zero-order valence-corrected chi connectivity index (χ0v) is 17.9. The number of halogens is 3. The molecule has 2 saturated heterocycles. The number of aliphatic carboxylic acids is 1. The van der Waals surface area contributed by atoms with E-state index in [1.807, 2.05) is 24.2 Å². The van der Waals surface area contributed by atoms with E-state index in [0.29, 0.717) is 38.6 Å². The van der Waals surface area contributed by atoms with Crippen LogP contribution in [0.5, 0.6) is 0 Å². The van der Waals surface area contributed by atoms with Gasteiger partial charge in [-0.1, -0.05) is 19.9 Å². The molecule has 1 unspecified atom stereocenters. The van der Waals surface area contributed by atoms with Crippen molar-refractivity contribution in [3.63, 3.8) is 0 Å². The predicted octanol–water partition coefficient (Wildman–Crippen LogP) is 3.35. The van der Waals surface area contributed by atoms with Crippen molar-refractivity contribution in [2.75, 3.05) is 19.7 Å². The normalized spacial score (nSPS) is 20.1. The highest BCUT2D eigenvalue weighted by Gasteiger charge is 2.49. The fourth-order valence-corrected chi connectivity index (χ4v) is 3.56. The monoisotopic (exact) mass is 446 g/mol. The average molecular weight is 446 g/mol. The Balaban J connectivity index is 0.000000423. The van der Waals surface area contributed by atoms with Gasteiger partial charge in [-0.2, -0.15) is 13.2 Å². The van der Waals surface area contributed by atoms with E-state index in [9.17, 15) is 18.0 Å². The Morgan fingerprint density at radius 1 is 1.35 bits per heavy atom. The fraction of sp³-hybridized carbons (Fsp3) is 0.667. The van der Waals surface area contributed by atoms with Crippen molar-refractivity contribution in [2.45, 2.75) is 64.5 Å². The van der Waals surface area contributed by atoms with Crippen LogP contribution < -0.4 is 0 Å². The van der Waals surface area contributed by atoms with E-state index in [0.717, 1.165) is 24.0 Å². The lowest BCUT2D eigenvalue weighted by Crippen LogP contribution is -2.67. The van der Waals surface area contributed by atoms with Crippen molar-refractivity contribution < 1.29 is 37.3 Å². The second kappa shape index (κ2) is 10.4. The van der Waals surface area contributed by atoms with Crippen molar-refractivity contribution >= 4 is 11.9 Å². The van der Waals surface area contributed by atoms with Gasteiger partial charge in [0.1, 0.15) is 5.60 Å². The van der Waals surface area contributed by atoms with Gasteiger partial charge in [0, 0.05) is 31.8 Å². The Morgan fingerprint density at radius 2 is 2.00 bits per heavy atom. The number of rotatable bonds is 5. The molecule has 3 rings (SSSR count). The maximum atomic E-state index is 12.1. The molecule has 1 N–H and O–H groups in total. The number of nitrogens with zero attached hydrogens (tertiary/aromatic N) is 2. The molecular weight excluding hydrogens is 417 g/mol. The molecule has 0 bridgehead atoms. The quantitative estimate of drug-likeness (QED) is 0.746. The Morgan fingerprint density at radius 3 is 2.55 bits per heavy atom. The smallest absolute Gasteiger partial charge is 0.475 e. The number of carbonyl (C=O) groups excluding carboxylic acids is 1. The van der Waals surface area contributed by atoms with E-state index in [2.05, 4.69) is 24.9 Å². The predicted molar refractivity (Wildman–Crippen MR) is 105 cm³/mol. The van der Waals surface area contributed by atoms with Crippen LogP contribution in [0.2, 0.25) is 0 Å². The summed E-state index contributed by atoms with van der Waals surface area (Å²) >= 11 is 0. The Labute approximate surface area is 179 Å². The summed E-state index contributed by atoms with van der Waals surface area (Å²) < 4.78 is 43.8. The summed E-state index contributed by atoms with van der Waals surface area (Å²) in [5, 5.41) is 7.12. The third-order valence-electron chi connectivity index (χ3n) is 5.00. The lowest BCUT2D eigenvalue weighted by molar-refractivity contribution is -0.202. The SMILES string of the molecule is Cc1cncc(COC2CCOC3(C2)CN(C(=O)CC(C)C)C3)c1.O=C(O)C(F)(F)F. The lowest BCUT2D eigenvalue weighted by Gasteiger charge is -2.53. The molecule has 31 heavy (non-hydrogen) atoms. The van der Waals surface area contributed by atoms with Crippen molar-refractivity contribution in [3.05, 3.63) is 29.6 Å². The molecule has 0 saturated carbocycles. The number of amides is 1. The van der Waals surface area contributed by atoms with E-state index in [-0.39, 0.29) is 17.6 Å². The lowest BCUT2D eigenvalue weighted by atomic mass is 9.84. The summed E-state index contributed by atoms with van der Waals surface area (Å²) in [5.41, 5.74) is 2.08. The van der Waals surface area contributed by atoms with E-state index in [1.165, 1.54) is 0 Å². The number of aryl methyl sites for hydroxylation is 1. The molecule has 1 atom stereocenters. The summed E-state index contributed by atoms with van der Waals surface area (Å²) in [6.45, 7) is 8.92. The molecular formula is C21H29F3N2O5. The zero-order valence-electron chi connectivity index (χ0n) is 17.9. The van der Waals surface area contributed by atoms with Gasteiger partial charge in [-0.15, -0.1) is 0 Å². The van der Waals surface area contributed by atoms with Gasteiger partial charge in [0.25, 0.3) is 0 Å². The second-order valence-electron chi connectivity index (χ2n) is 8.48. The summed E-state index contributed by atoms with van der Waals surface area (Å²) in [4.78, 5) is 27.1. The standard InChI is InChI=1S/C19H28N2O3.C2HF3O2/c1-14(2)6-18(22)21-12-19(13-21)8-17(4-5-24-19)23-11-16-7-15(3)9-20-10-16;3-2(4,5)1(6)7/h7,9-10,14,17H,4-6,8,11-13H2,1-3H3;(H,6,7). The summed E-state index contributed by atoms with van der Waals surface area (Å²) in [6, 6.07) is 2.11. The first-order valence-electron chi connectivity index (χ1n) is 10.1.